The monoisotopic (exact) mass is 266 g/mol. The molecular weight excluding hydrogens is 252 g/mol. The highest BCUT2D eigenvalue weighted by atomic mass is 16.2. The summed E-state index contributed by atoms with van der Waals surface area (Å²) in [6.45, 7) is 0.203. The van der Waals surface area contributed by atoms with Crippen LogP contribution in [-0.4, -0.2) is 16.7 Å². The van der Waals surface area contributed by atoms with Gasteiger partial charge in [-0.05, 0) is 24.5 Å². The lowest BCUT2D eigenvalue weighted by Gasteiger charge is -2.15. The predicted molar refractivity (Wildman–Crippen MR) is 72.1 cm³/mol. The van der Waals surface area contributed by atoms with Crippen molar-refractivity contribution in [1.82, 2.24) is 4.90 Å². The van der Waals surface area contributed by atoms with Gasteiger partial charge in [0, 0.05) is 0 Å². The number of nitrogens with zero attached hydrogens (tertiary/aromatic N) is 2. The summed E-state index contributed by atoms with van der Waals surface area (Å²) in [5.41, 5.74) is 1.24. The topological polar surface area (TPSA) is 61.2 Å². The zero-order valence-electron chi connectivity index (χ0n) is 11.0. The number of imide groups is 1. The van der Waals surface area contributed by atoms with E-state index < -0.39 is 0 Å². The molecule has 0 saturated carbocycles. The Morgan fingerprint density at radius 3 is 2.30 bits per heavy atom. The first kappa shape index (κ1) is 12.6. The summed E-state index contributed by atoms with van der Waals surface area (Å²) in [5.74, 6) is -0.613. The first-order valence-electron chi connectivity index (χ1n) is 6.70. The molecule has 3 rings (SSSR count). The predicted octanol–water partition coefficient (Wildman–Crippen LogP) is 2.01. The first-order chi connectivity index (χ1) is 9.72. The van der Waals surface area contributed by atoms with Crippen molar-refractivity contribution in [3.63, 3.8) is 0 Å². The van der Waals surface area contributed by atoms with Crippen molar-refractivity contribution in [2.24, 2.45) is 11.8 Å². The fourth-order valence-corrected chi connectivity index (χ4v) is 2.96. The van der Waals surface area contributed by atoms with E-state index in [1.54, 1.807) is 18.2 Å². The van der Waals surface area contributed by atoms with Crippen LogP contribution in [0.4, 0.5) is 0 Å². The van der Waals surface area contributed by atoms with Gasteiger partial charge in [-0.15, -0.1) is 0 Å². The van der Waals surface area contributed by atoms with Gasteiger partial charge in [-0.2, -0.15) is 5.26 Å². The van der Waals surface area contributed by atoms with Crippen molar-refractivity contribution in [2.75, 3.05) is 0 Å². The van der Waals surface area contributed by atoms with Crippen LogP contribution >= 0.6 is 0 Å². The van der Waals surface area contributed by atoms with Gasteiger partial charge in [0.15, 0.2) is 0 Å². The number of allylic oxidation sites excluding steroid dienone is 2. The lowest BCUT2D eigenvalue weighted by molar-refractivity contribution is -0.140. The molecule has 1 aromatic rings. The summed E-state index contributed by atoms with van der Waals surface area (Å²) in [6.07, 6.45) is 5.23. The van der Waals surface area contributed by atoms with Crippen LogP contribution in [0, 0.1) is 23.2 Å². The van der Waals surface area contributed by atoms with Crippen LogP contribution in [-0.2, 0) is 16.1 Å². The SMILES string of the molecule is N#Cc1ccccc1CN1C(=O)C2CC=CCC2C1=O. The molecule has 0 N–H and O–H groups in total. The maximum atomic E-state index is 12.3. The van der Waals surface area contributed by atoms with Gasteiger partial charge in [-0.25, -0.2) is 0 Å². The number of carbonyl (C=O) groups excluding carboxylic acids is 2. The summed E-state index contributed by atoms with van der Waals surface area (Å²) in [6, 6.07) is 9.19. The van der Waals surface area contributed by atoms with Gasteiger partial charge >= 0.3 is 0 Å². The normalized spacial score (nSPS) is 24.6. The molecule has 0 spiro atoms. The van der Waals surface area contributed by atoms with Crippen molar-refractivity contribution in [3.8, 4) is 6.07 Å². The zero-order chi connectivity index (χ0) is 14.1. The van der Waals surface area contributed by atoms with Crippen molar-refractivity contribution in [1.29, 1.82) is 5.26 Å². The Balaban J connectivity index is 1.87. The fraction of sp³-hybridized carbons (Fsp3) is 0.312. The van der Waals surface area contributed by atoms with Gasteiger partial charge in [0.2, 0.25) is 11.8 Å². The summed E-state index contributed by atoms with van der Waals surface area (Å²) >= 11 is 0. The maximum absolute atomic E-state index is 12.3. The van der Waals surface area contributed by atoms with Gasteiger partial charge < -0.3 is 0 Å². The van der Waals surface area contributed by atoms with E-state index in [2.05, 4.69) is 6.07 Å². The van der Waals surface area contributed by atoms with Crippen LogP contribution in [0.5, 0.6) is 0 Å². The van der Waals surface area contributed by atoms with Crippen molar-refractivity contribution < 1.29 is 9.59 Å². The molecule has 2 atom stereocenters. The molecule has 4 nitrogen and oxygen atoms in total. The third-order valence-corrected chi connectivity index (χ3v) is 4.07. The number of likely N-dealkylation sites (tertiary alicyclic amines) is 1. The van der Waals surface area contributed by atoms with Crippen LogP contribution in [0.15, 0.2) is 36.4 Å². The highest BCUT2D eigenvalue weighted by Gasteiger charge is 2.47. The van der Waals surface area contributed by atoms with E-state index in [1.807, 2.05) is 18.2 Å². The van der Waals surface area contributed by atoms with E-state index in [1.165, 1.54) is 4.90 Å². The summed E-state index contributed by atoms with van der Waals surface area (Å²) in [4.78, 5) is 26.0. The third kappa shape index (κ3) is 1.92. The number of benzene rings is 1. The first-order valence-corrected chi connectivity index (χ1v) is 6.70. The number of hydrogen-bond acceptors (Lipinski definition) is 3. The lowest BCUT2D eigenvalue weighted by atomic mass is 9.85. The lowest BCUT2D eigenvalue weighted by Crippen LogP contribution is -2.30. The molecule has 1 saturated heterocycles. The van der Waals surface area contributed by atoms with Gasteiger partial charge in [0.25, 0.3) is 0 Å². The molecule has 1 aromatic carbocycles. The van der Waals surface area contributed by atoms with E-state index in [4.69, 9.17) is 5.26 Å². The number of carbonyl (C=O) groups is 2. The van der Waals surface area contributed by atoms with Crippen molar-refractivity contribution in [2.45, 2.75) is 19.4 Å². The molecule has 1 aliphatic carbocycles. The molecular formula is C16H14N2O2. The second-order valence-corrected chi connectivity index (χ2v) is 5.19. The van der Waals surface area contributed by atoms with Crippen LogP contribution in [0.1, 0.15) is 24.0 Å². The number of amides is 2. The van der Waals surface area contributed by atoms with E-state index in [0.29, 0.717) is 18.4 Å². The highest BCUT2D eigenvalue weighted by Crippen LogP contribution is 2.35. The Kier molecular flexibility index (Phi) is 3.11. The minimum Gasteiger partial charge on any atom is -0.278 e. The molecule has 0 radical (unpaired) electrons. The zero-order valence-corrected chi connectivity index (χ0v) is 11.0. The highest BCUT2D eigenvalue weighted by molar-refractivity contribution is 6.05. The minimum atomic E-state index is -0.207. The molecule has 2 unspecified atom stereocenters. The second-order valence-electron chi connectivity index (χ2n) is 5.19. The van der Waals surface area contributed by atoms with E-state index in [-0.39, 0.29) is 30.2 Å². The van der Waals surface area contributed by atoms with E-state index in [9.17, 15) is 9.59 Å². The maximum Gasteiger partial charge on any atom is 0.233 e. The van der Waals surface area contributed by atoms with Crippen LogP contribution in [0.25, 0.3) is 0 Å². The molecule has 20 heavy (non-hydrogen) atoms. The molecule has 1 fully saturated rings. The Hall–Kier alpha value is -2.41. The molecule has 2 aliphatic rings. The van der Waals surface area contributed by atoms with Gasteiger partial charge in [0.1, 0.15) is 0 Å². The minimum absolute atomic E-state index is 0.0999. The Labute approximate surface area is 117 Å². The van der Waals surface area contributed by atoms with Crippen LogP contribution in [0.2, 0.25) is 0 Å². The molecule has 0 bridgehead atoms. The van der Waals surface area contributed by atoms with Crippen molar-refractivity contribution >= 4 is 11.8 Å². The Bertz CT molecular complexity index is 616. The largest absolute Gasteiger partial charge is 0.278 e. The summed E-state index contributed by atoms with van der Waals surface area (Å²) in [7, 11) is 0. The molecule has 1 aliphatic heterocycles. The van der Waals surface area contributed by atoms with E-state index >= 15 is 0 Å². The van der Waals surface area contributed by atoms with Crippen molar-refractivity contribution in [3.05, 3.63) is 47.5 Å². The second kappa shape index (κ2) is 4.93. The number of nitriles is 1. The Morgan fingerprint density at radius 2 is 1.70 bits per heavy atom. The molecule has 1 heterocycles. The van der Waals surface area contributed by atoms with Crippen LogP contribution < -0.4 is 0 Å². The standard InChI is InChI=1S/C16H14N2O2/c17-9-11-5-1-2-6-12(11)10-18-15(19)13-7-3-4-8-14(13)16(18)20/h1-6,13-14H,7-8,10H2. The molecule has 100 valence electrons. The number of fused-ring (bicyclic) bond motifs is 1. The molecule has 0 aromatic heterocycles. The average molecular weight is 266 g/mol. The smallest absolute Gasteiger partial charge is 0.233 e. The fourth-order valence-electron chi connectivity index (χ4n) is 2.96. The summed E-state index contributed by atoms with van der Waals surface area (Å²) in [5, 5.41) is 9.08. The molecule has 4 heteroatoms. The quantitative estimate of drug-likeness (QED) is 0.607. The number of rotatable bonds is 2. The Morgan fingerprint density at radius 1 is 1.10 bits per heavy atom. The van der Waals surface area contributed by atoms with Crippen LogP contribution in [0.3, 0.4) is 0 Å². The van der Waals surface area contributed by atoms with E-state index in [0.717, 1.165) is 5.56 Å². The average Bonchev–Trinajstić information content (AvgIpc) is 2.73. The van der Waals surface area contributed by atoms with Gasteiger partial charge in [-0.3, -0.25) is 14.5 Å². The summed E-state index contributed by atoms with van der Waals surface area (Å²) < 4.78 is 0. The third-order valence-electron chi connectivity index (χ3n) is 4.07. The van der Waals surface area contributed by atoms with Gasteiger partial charge in [0.05, 0.1) is 30.0 Å². The number of hydrogen-bond donors (Lipinski definition) is 0. The van der Waals surface area contributed by atoms with Gasteiger partial charge in [-0.1, -0.05) is 30.4 Å². The molecule has 2 amide bonds.